The van der Waals surface area contributed by atoms with Gasteiger partial charge in [-0.05, 0) is 25.0 Å². The second-order valence-electron chi connectivity index (χ2n) is 9.48. The van der Waals surface area contributed by atoms with Crippen LogP contribution < -0.4 is 0 Å². The van der Waals surface area contributed by atoms with E-state index in [1.807, 2.05) is 18.2 Å². The predicted octanol–water partition coefficient (Wildman–Crippen LogP) is 9.71. The van der Waals surface area contributed by atoms with E-state index in [1.165, 1.54) is 85.6 Å². The Bertz CT molecular complexity index is 1090. The Morgan fingerprint density at radius 1 is 0.725 bits per heavy atom. The zero-order valence-electron chi connectivity index (χ0n) is 23.2. The van der Waals surface area contributed by atoms with Gasteiger partial charge in [-0.2, -0.15) is 5.26 Å². The highest BCUT2D eigenvalue weighted by Crippen LogP contribution is 2.59. The van der Waals surface area contributed by atoms with Crippen molar-refractivity contribution in [1.82, 2.24) is 0 Å². The van der Waals surface area contributed by atoms with E-state index in [4.69, 9.17) is 16.0 Å². The minimum atomic E-state index is -0.568. The van der Waals surface area contributed by atoms with Gasteiger partial charge in [0.15, 0.2) is 5.57 Å². The average Bonchev–Trinajstić information content (AvgIpc) is 3.54. The molecule has 0 unspecified atom stereocenters. The SMILES string of the molecule is [C-]#[N+]C(C(=O)OCCCCCCCC)=C1Sc2cc3c(cc2S1)SC(=C(C#N)C(=O)OCCCCCCCC)S3. The largest absolute Gasteiger partial charge is 0.471 e. The molecule has 0 amide bonds. The van der Waals surface area contributed by atoms with Gasteiger partial charge in [0.2, 0.25) is 0 Å². The molecule has 2 aliphatic heterocycles. The summed E-state index contributed by atoms with van der Waals surface area (Å²) in [6, 6.07) is 6.04. The van der Waals surface area contributed by atoms with Crippen molar-refractivity contribution in [3.8, 4) is 6.07 Å². The molecule has 3 rings (SSSR count). The molecule has 1 aromatic rings. The third-order valence-electron chi connectivity index (χ3n) is 6.30. The summed E-state index contributed by atoms with van der Waals surface area (Å²) in [5, 5.41) is 9.68. The fourth-order valence-corrected chi connectivity index (χ4v) is 9.18. The van der Waals surface area contributed by atoms with Crippen molar-refractivity contribution < 1.29 is 19.1 Å². The van der Waals surface area contributed by atoms with Gasteiger partial charge in [0.25, 0.3) is 5.70 Å². The molecule has 214 valence electrons. The Hall–Kier alpha value is -1.98. The topological polar surface area (TPSA) is 80.8 Å². The molecule has 1 aromatic carbocycles. The molecule has 6 nitrogen and oxygen atoms in total. The second-order valence-corrected chi connectivity index (χ2v) is 14.2. The average molecular weight is 617 g/mol. The van der Waals surface area contributed by atoms with Crippen molar-refractivity contribution in [2.45, 2.75) is 110 Å². The lowest BCUT2D eigenvalue weighted by molar-refractivity contribution is -0.139. The van der Waals surface area contributed by atoms with Gasteiger partial charge in [0.05, 0.1) is 28.3 Å². The van der Waals surface area contributed by atoms with Crippen LogP contribution in [0.3, 0.4) is 0 Å². The number of nitrogens with zero attached hydrogens (tertiary/aromatic N) is 2. The molecule has 0 radical (unpaired) electrons. The van der Waals surface area contributed by atoms with Crippen LogP contribution in [0.4, 0.5) is 0 Å². The van der Waals surface area contributed by atoms with Crippen LogP contribution in [0.25, 0.3) is 4.85 Å². The van der Waals surface area contributed by atoms with Gasteiger partial charge in [-0.25, -0.2) is 9.64 Å². The highest BCUT2D eigenvalue weighted by Gasteiger charge is 2.31. The first-order valence-corrected chi connectivity index (χ1v) is 17.3. The Kier molecular flexibility index (Phi) is 14.4. The molecule has 0 saturated carbocycles. The lowest BCUT2D eigenvalue weighted by atomic mass is 10.1. The van der Waals surface area contributed by atoms with E-state index in [0.717, 1.165) is 58.1 Å². The summed E-state index contributed by atoms with van der Waals surface area (Å²) in [5.41, 5.74) is 0.0692. The molecular weight excluding hydrogens is 581 g/mol. The predicted molar refractivity (Wildman–Crippen MR) is 165 cm³/mol. The van der Waals surface area contributed by atoms with Gasteiger partial charge in [-0.15, -0.1) is 0 Å². The normalized spacial score (nSPS) is 13.3. The van der Waals surface area contributed by atoms with E-state index < -0.39 is 11.9 Å². The van der Waals surface area contributed by atoms with Gasteiger partial charge in [0.1, 0.15) is 6.07 Å². The lowest BCUT2D eigenvalue weighted by Gasteiger charge is -2.05. The molecule has 0 fully saturated rings. The number of hydrogen-bond donors (Lipinski definition) is 0. The number of carbonyl (C=O) groups is 2. The fraction of sp³-hybridized carbons (Fsp3) is 0.533. The first kappa shape index (κ1) is 32.5. The number of fused-ring (bicyclic) bond motifs is 2. The summed E-state index contributed by atoms with van der Waals surface area (Å²) >= 11 is 5.55. The molecule has 2 aliphatic rings. The molecule has 0 saturated heterocycles. The highest BCUT2D eigenvalue weighted by atomic mass is 32.2. The number of esters is 2. The van der Waals surface area contributed by atoms with Gasteiger partial charge >= 0.3 is 11.9 Å². The van der Waals surface area contributed by atoms with Crippen LogP contribution in [0.5, 0.6) is 0 Å². The first-order chi connectivity index (χ1) is 19.5. The van der Waals surface area contributed by atoms with Crippen LogP contribution >= 0.6 is 47.0 Å². The third kappa shape index (κ3) is 9.55. The molecular formula is C30H36N2O4S4. The fourth-order valence-electron chi connectivity index (χ4n) is 4.07. The van der Waals surface area contributed by atoms with Crippen LogP contribution in [-0.2, 0) is 19.1 Å². The van der Waals surface area contributed by atoms with E-state index in [9.17, 15) is 14.9 Å². The number of ether oxygens (including phenoxy) is 2. The van der Waals surface area contributed by atoms with E-state index in [0.29, 0.717) is 21.7 Å². The van der Waals surface area contributed by atoms with Crippen molar-refractivity contribution in [3.05, 3.63) is 43.3 Å². The molecule has 0 spiro atoms. The first-order valence-electron chi connectivity index (χ1n) is 14.0. The van der Waals surface area contributed by atoms with Crippen molar-refractivity contribution in [1.29, 1.82) is 5.26 Å². The zero-order chi connectivity index (χ0) is 28.7. The smallest absolute Gasteiger partial charge is 0.350 e. The number of unbranched alkanes of at least 4 members (excludes halogenated alkanes) is 10. The molecule has 0 aromatic heterocycles. The van der Waals surface area contributed by atoms with Crippen LogP contribution in [0.2, 0.25) is 0 Å². The maximum absolute atomic E-state index is 12.6. The summed E-state index contributed by atoms with van der Waals surface area (Å²) < 4.78 is 12.0. The number of thioether (sulfide) groups is 4. The van der Waals surface area contributed by atoms with Crippen molar-refractivity contribution in [2.75, 3.05) is 13.2 Å². The van der Waals surface area contributed by atoms with Crippen LogP contribution in [0, 0.1) is 17.9 Å². The van der Waals surface area contributed by atoms with E-state index in [1.54, 1.807) is 0 Å². The maximum Gasteiger partial charge on any atom is 0.350 e. The van der Waals surface area contributed by atoms with Crippen molar-refractivity contribution >= 4 is 59.0 Å². The summed E-state index contributed by atoms with van der Waals surface area (Å²) in [4.78, 5) is 32.5. The molecule has 0 aliphatic carbocycles. The number of benzene rings is 1. The Balaban J connectivity index is 1.55. The van der Waals surface area contributed by atoms with Gasteiger partial charge < -0.3 is 9.47 Å². The number of nitriles is 1. The summed E-state index contributed by atoms with van der Waals surface area (Å²) in [6.45, 7) is 12.6. The van der Waals surface area contributed by atoms with Crippen LogP contribution in [0.15, 0.2) is 51.5 Å². The molecule has 2 heterocycles. The summed E-state index contributed by atoms with van der Waals surface area (Å²) in [7, 11) is 0. The molecule has 0 bridgehead atoms. The third-order valence-corrected chi connectivity index (χ3v) is 11.3. The molecule has 40 heavy (non-hydrogen) atoms. The number of rotatable bonds is 16. The van der Waals surface area contributed by atoms with Crippen molar-refractivity contribution in [2.24, 2.45) is 0 Å². The van der Waals surface area contributed by atoms with Crippen molar-refractivity contribution in [3.63, 3.8) is 0 Å². The van der Waals surface area contributed by atoms with E-state index in [2.05, 4.69) is 18.7 Å². The standard InChI is InChI=1S/C30H36N2O4S4/c1-4-6-8-10-12-14-16-35-27(33)21(20-31)29-37-22-18-24-25(19-23(22)38-29)40-30(39-24)26(32-3)28(34)36-17-15-13-11-9-7-5-2/h18-19H,4-17H2,1-2H3. The Morgan fingerprint density at radius 3 is 1.60 bits per heavy atom. The Labute approximate surface area is 255 Å². The summed E-state index contributed by atoms with van der Waals surface area (Å²) in [5.74, 6) is -1.13. The highest BCUT2D eigenvalue weighted by molar-refractivity contribution is 8.25. The molecule has 0 atom stereocenters. The van der Waals surface area contributed by atoms with Gasteiger partial charge in [-0.3, -0.25) is 4.79 Å². The molecule has 0 N–H and O–H groups in total. The summed E-state index contributed by atoms with van der Waals surface area (Å²) in [6.07, 6.45) is 13.2. The zero-order valence-corrected chi connectivity index (χ0v) is 26.5. The Morgan fingerprint density at radius 2 is 1.15 bits per heavy atom. The monoisotopic (exact) mass is 616 g/mol. The van der Waals surface area contributed by atoms with Crippen LogP contribution in [0.1, 0.15) is 90.9 Å². The minimum absolute atomic E-state index is 0.0260. The number of hydrogen-bond acceptors (Lipinski definition) is 9. The van der Waals surface area contributed by atoms with E-state index >= 15 is 0 Å². The van der Waals surface area contributed by atoms with E-state index in [-0.39, 0.29) is 11.3 Å². The quantitative estimate of drug-likeness (QED) is 0.0592. The second kappa shape index (κ2) is 17.7. The lowest BCUT2D eigenvalue weighted by Crippen LogP contribution is -2.08. The van der Waals surface area contributed by atoms with Gasteiger partial charge in [-0.1, -0.05) is 125 Å². The molecule has 10 heteroatoms. The van der Waals surface area contributed by atoms with Crippen LogP contribution in [-0.4, -0.2) is 25.2 Å². The number of carbonyl (C=O) groups excluding carboxylic acids is 2. The maximum atomic E-state index is 12.6. The minimum Gasteiger partial charge on any atom is -0.471 e. The van der Waals surface area contributed by atoms with Gasteiger partial charge in [0, 0.05) is 19.6 Å².